The average Bonchev–Trinajstić information content (AvgIpc) is 2.90. The molecule has 0 saturated carbocycles. The summed E-state index contributed by atoms with van der Waals surface area (Å²) in [5.41, 5.74) is 5.42. The fourth-order valence-electron chi connectivity index (χ4n) is 3.32. The topological polar surface area (TPSA) is 22.0 Å². The van der Waals surface area contributed by atoms with Gasteiger partial charge in [0.05, 0.1) is 11.0 Å². The van der Waals surface area contributed by atoms with Crippen molar-refractivity contribution in [3.63, 3.8) is 0 Å². The van der Waals surface area contributed by atoms with Crippen molar-refractivity contribution in [2.75, 3.05) is 0 Å². The Morgan fingerprint density at radius 2 is 1.65 bits per heavy atom. The van der Waals surface area contributed by atoms with Crippen LogP contribution >= 0.6 is 0 Å². The zero-order chi connectivity index (χ0) is 16.0. The van der Waals surface area contributed by atoms with E-state index in [2.05, 4.69) is 47.9 Å². The molecule has 0 unspecified atom stereocenters. The van der Waals surface area contributed by atoms with Crippen molar-refractivity contribution in [3.05, 3.63) is 77.9 Å². The van der Waals surface area contributed by atoms with Gasteiger partial charge in [-0.2, -0.15) is 0 Å². The van der Waals surface area contributed by atoms with Gasteiger partial charge in [0.1, 0.15) is 0 Å². The molecule has 23 heavy (non-hydrogen) atoms. The van der Waals surface area contributed by atoms with E-state index in [9.17, 15) is 4.79 Å². The van der Waals surface area contributed by atoms with Gasteiger partial charge in [-0.25, -0.2) is 0 Å². The van der Waals surface area contributed by atoms with Crippen LogP contribution in [0.25, 0.3) is 27.5 Å². The monoisotopic (exact) mass is 299 g/mol. The number of benzene rings is 3. The third kappa shape index (κ3) is 2.07. The molecule has 3 aromatic carbocycles. The number of para-hydroxylation sites is 1. The molecular weight excluding hydrogens is 282 g/mol. The maximum atomic E-state index is 11.8. The zero-order valence-corrected chi connectivity index (χ0v) is 13.2. The number of rotatable bonds is 2. The van der Waals surface area contributed by atoms with Crippen LogP contribution in [0.15, 0.2) is 66.7 Å². The predicted molar refractivity (Wildman–Crippen MR) is 95.5 cm³/mol. The predicted octanol–water partition coefficient (Wildman–Crippen LogP) is 5.29. The first kappa shape index (κ1) is 13.8. The molecule has 0 N–H and O–H groups in total. The molecule has 0 aliphatic rings. The highest BCUT2D eigenvalue weighted by molar-refractivity contribution is 6.12. The van der Waals surface area contributed by atoms with Crippen molar-refractivity contribution in [1.29, 1.82) is 0 Å². The Bertz CT molecular complexity index is 1040. The molecule has 4 rings (SSSR count). The Hall–Kier alpha value is -2.87. The molecule has 2 nitrogen and oxygen atoms in total. The lowest BCUT2D eigenvalue weighted by Gasteiger charge is -2.07. The van der Waals surface area contributed by atoms with Gasteiger partial charge in [-0.1, -0.05) is 30.3 Å². The fourth-order valence-corrected chi connectivity index (χ4v) is 3.32. The van der Waals surface area contributed by atoms with Gasteiger partial charge < -0.3 is 4.57 Å². The minimum atomic E-state index is 0.0982. The molecular formula is C21H17NO. The van der Waals surface area contributed by atoms with Crippen molar-refractivity contribution < 1.29 is 4.79 Å². The first-order chi connectivity index (χ1) is 11.2. The molecule has 0 fully saturated rings. The van der Waals surface area contributed by atoms with E-state index in [4.69, 9.17) is 0 Å². The molecule has 2 heteroatoms. The molecule has 0 aliphatic carbocycles. The van der Waals surface area contributed by atoms with Crippen LogP contribution in [0.1, 0.15) is 22.8 Å². The summed E-state index contributed by atoms with van der Waals surface area (Å²) in [5.74, 6) is 0.0982. The van der Waals surface area contributed by atoms with Crippen molar-refractivity contribution in [1.82, 2.24) is 4.57 Å². The highest BCUT2D eigenvalue weighted by Gasteiger charge is 2.14. The third-order valence-electron chi connectivity index (χ3n) is 4.42. The number of hydrogen-bond donors (Lipinski definition) is 0. The molecule has 1 aromatic heterocycles. The molecule has 0 spiro atoms. The molecule has 0 bridgehead atoms. The summed E-state index contributed by atoms with van der Waals surface area (Å²) >= 11 is 0. The third-order valence-corrected chi connectivity index (χ3v) is 4.42. The van der Waals surface area contributed by atoms with Crippen LogP contribution in [-0.2, 0) is 0 Å². The van der Waals surface area contributed by atoms with Gasteiger partial charge in [-0.3, -0.25) is 4.79 Å². The summed E-state index contributed by atoms with van der Waals surface area (Å²) in [4.78, 5) is 11.8. The smallest absolute Gasteiger partial charge is 0.159 e. The number of ketones is 1. The van der Waals surface area contributed by atoms with Crippen LogP contribution in [0.4, 0.5) is 0 Å². The second-order valence-electron chi connectivity index (χ2n) is 5.93. The summed E-state index contributed by atoms with van der Waals surface area (Å²) < 4.78 is 2.27. The molecule has 0 aliphatic heterocycles. The van der Waals surface area contributed by atoms with Gasteiger partial charge in [-0.05, 0) is 55.8 Å². The lowest BCUT2D eigenvalue weighted by molar-refractivity contribution is 0.101. The molecule has 112 valence electrons. The first-order valence-electron chi connectivity index (χ1n) is 7.77. The van der Waals surface area contributed by atoms with Gasteiger partial charge in [0.25, 0.3) is 0 Å². The van der Waals surface area contributed by atoms with Crippen LogP contribution in [0, 0.1) is 6.92 Å². The van der Waals surface area contributed by atoms with E-state index in [1.165, 1.54) is 16.5 Å². The van der Waals surface area contributed by atoms with Gasteiger partial charge >= 0.3 is 0 Å². The fraction of sp³-hybridized carbons (Fsp3) is 0.0952. The number of Topliss-reactive ketones (excluding diaryl/α,β-unsaturated/α-hetero) is 1. The van der Waals surface area contributed by atoms with E-state index in [0.717, 1.165) is 22.2 Å². The molecule has 0 amide bonds. The Kier molecular flexibility index (Phi) is 3.05. The summed E-state index contributed by atoms with van der Waals surface area (Å²) in [5, 5.41) is 2.35. The number of aryl methyl sites for hydroxylation is 1. The molecule has 0 atom stereocenters. The average molecular weight is 299 g/mol. The maximum Gasteiger partial charge on any atom is 0.159 e. The quantitative estimate of drug-likeness (QED) is 0.461. The van der Waals surface area contributed by atoms with E-state index in [-0.39, 0.29) is 5.78 Å². The maximum absolute atomic E-state index is 11.8. The van der Waals surface area contributed by atoms with Crippen molar-refractivity contribution >= 4 is 27.6 Å². The number of nitrogens with zero attached hydrogens (tertiary/aromatic N) is 1. The number of fused-ring (bicyclic) bond motifs is 3. The summed E-state index contributed by atoms with van der Waals surface area (Å²) in [6.07, 6.45) is 0. The van der Waals surface area contributed by atoms with Crippen LogP contribution in [0.5, 0.6) is 0 Å². The van der Waals surface area contributed by atoms with Gasteiger partial charge in [0.15, 0.2) is 5.78 Å². The van der Waals surface area contributed by atoms with Crippen LogP contribution in [-0.4, -0.2) is 10.4 Å². The standard InChI is InChI=1S/C21H17NO/c1-14-7-6-10-20-21(14)18-13-16(15(2)23)11-12-19(18)22(20)17-8-4-3-5-9-17/h3-13H,1-2H3. The van der Waals surface area contributed by atoms with Crippen LogP contribution in [0.3, 0.4) is 0 Å². The van der Waals surface area contributed by atoms with E-state index >= 15 is 0 Å². The van der Waals surface area contributed by atoms with Gasteiger partial charge in [0.2, 0.25) is 0 Å². The van der Waals surface area contributed by atoms with Crippen molar-refractivity contribution in [3.8, 4) is 5.69 Å². The van der Waals surface area contributed by atoms with Crippen LogP contribution in [0.2, 0.25) is 0 Å². The SMILES string of the molecule is CC(=O)c1ccc2c(c1)c1c(C)cccc1n2-c1ccccc1. The number of carbonyl (C=O) groups is 1. The Morgan fingerprint density at radius 1 is 0.870 bits per heavy atom. The molecule has 0 radical (unpaired) electrons. The largest absolute Gasteiger partial charge is 0.309 e. The minimum absolute atomic E-state index is 0.0982. The normalized spacial score (nSPS) is 11.2. The summed E-state index contributed by atoms with van der Waals surface area (Å²) in [6.45, 7) is 3.74. The lowest BCUT2D eigenvalue weighted by atomic mass is 10.0. The number of aromatic nitrogens is 1. The Morgan fingerprint density at radius 3 is 2.39 bits per heavy atom. The Balaban J connectivity index is 2.21. The Labute approximate surface area is 135 Å². The highest BCUT2D eigenvalue weighted by atomic mass is 16.1. The second kappa shape index (κ2) is 5.10. The van der Waals surface area contributed by atoms with E-state index < -0.39 is 0 Å². The highest BCUT2D eigenvalue weighted by Crippen LogP contribution is 2.34. The number of hydrogen-bond acceptors (Lipinski definition) is 1. The van der Waals surface area contributed by atoms with E-state index in [0.29, 0.717) is 0 Å². The van der Waals surface area contributed by atoms with Crippen LogP contribution < -0.4 is 0 Å². The van der Waals surface area contributed by atoms with Gasteiger partial charge in [0, 0.05) is 22.0 Å². The summed E-state index contributed by atoms with van der Waals surface area (Å²) in [7, 11) is 0. The zero-order valence-electron chi connectivity index (χ0n) is 13.2. The molecule has 1 heterocycles. The van der Waals surface area contributed by atoms with Crippen molar-refractivity contribution in [2.24, 2.45) is 0 Å². The van der Waals surface area contributed by atoms with E-state index in [1.54, 1.807) is 6.92 Å². The van der Waals surface area contributed by atoms with Crippen molar-refractivity contribution in [2.45, 2.75) is 13.8 Å². The minimum Gasteiger partial charge on any atom is -0.309 e. The van der Waals surface area contributed by atoms with Gasteiger partial charge in [-0.15, -0.1) is 0 Å². The number of carbonyl (C=O) groups excluding carboxylic acids is 1. The molecule has 4 aromatic rings. The second-order valence-corrected chi connectivity index (χ2v) is 5.93. The molecule has 0 saturated heterocycles. The van der Waals surface area contributed by atoms with E-state index in [1.807, 2.05) is 30.3 Å². The first-order valence-corrected chi connectivity index (χ1v) is 7.77. The summed E-state index contributed by atoms with van der Waals surface area (Å²) in [6, 6.07) is 22.7. The lowest BCUT2D eigenvalue weighted by Crippen LogP contribution is -1.94.